The van der Waals surface area contributed by atoms with Gasteiger partial charge in [-0.15, -0.1) is 0 Å². The number of rotatable bonds is 3. The lowest BCUT2D eigenvalue weighted by Crippen LogP contribution is -2.71. The van der Waals surface area contributed by atoms with E-state index in [1.54, 1.807) is 13.0 Å². The largest absolute Gasteiger partial charge is 0.431 e. The van der Waals surface area contributed by atoms with Gasteiger partial charge in [0, 0.05) is 11.5 Å². The number of fused-ring (bicyclic) bond motifs is 5. The van der Waals surface area contributed by atoms with Gasteiger partial charge in [-0.2, -0.15) is 0 Å². The van der Waals surface area contributed by atoms with Crippen LogP contribution in [0.15, 0.2) is 39.3 Å². The summed E-state index contributed by atoms with van der Waals surface area (Å²) in [6.07, 6.45) is 2.89. The van der Waals surface area contributed by atoms with Crippen LogP contribution in [0, 0.1) is 16.7 Å². The van der Waals surface area contributed by atoms with Gasteiger partial charge < -0.3 is 39.4 Å². The maximum Gasteiger partial charge on any atom is 0.335 e. The molecular formula is C30H42O9. The van der Waals surface area contributed by atoms with E-state index in [-0.39, 0.29) is 23.4 Å². The molecule has 1 aliphatic heterocycles. The Bertz CT molecular complexity index is 1180. The van der Waals surface area contributed by atoms with Crippen LogP contribution >= 0.6 is 0 Å². The van der Waals surface area contributed by atoms with E-state index in [9.17, 15) is 30.3 Å². The van der Waals surface area contributed by atoms with Crippen molar-refractivity contribution in [1.29, 1.82) is 0 Å². The maximum absolute atomic E-state index is 12.5. The molecule has 0 unspecified atom stereocenters. The average Bonchev–Trinajstić information content (AvgIpc) is 3.19. The van der Waals surface area contributed by atoms with Crippen molar-refractivity contribution in [3.05, 3.63) is 46.0 Å². The number of allylic oxidation sites excluding steroid dienone is 1. The van der Waals surface area contributed by atoms with Crippen LogP contribution in [-0.4, -0.2) is 73.5 Å². The van der Waals surface area contributed by atoms with Crippen molar-refractivity contribution in [1.82, 2.24) is 0 Å². The van der Waals surface area contributed by atoms with Crippen LogP contribution in [0.3, 0.4) is 0 Å². The highest BCUT2D eigenvalue weighted by Crippen LogP contribution is 2.71. The van der Waals surface area contributed by atoms with Gasteiger partial charge in [-0.25, -0.2) is 4.79 Å². The Morgan fingerprint density at radius 2 is 1.72 bits per heavy atom. The molecular weight excluding hydrogens is 504 g/mol. The lowest BCUT2D eigenvalue weighted by Gasteiger charge is -2.65. The van der Waals surface area contributed by atoms with Crippen molar-refractivity contribution in [2.45, 2.75) is 126 Å². The molecule has 5 N–H and O–H groups in total. The zero-order valence-corrected chi connectivity index (χ0v) is 23.0. The van der Waals surface area contributed by atoms with Crippen LogP contribution in [0.25, 0.3) is 0 Å². The minimum atomic E-state index is -1.35. The van der Waals surface area contributed by atoms with E-state index in [0.29, 0.717) is 32.1 Å². The fourth-order valence-electron chi connectivity index (χ4n) is 9.24. The Balaban J connectivity index is 1.25. The van der Waals surface area contributed by atoms with Gasteiger partial charge >= 0.3 is 5.63 Å². The number of aliphatic hydroxyl groups excluding tert-OH is 3. The minimum Gasteiger partial charge on any atom is -0.431 e. The van der Waals surface area contributed by atoms with Crippen molar-refractivity contribution in [3.63, 3.8) is 0 Å². The molecule has 1 saturated heterocycles. The molecule has 5 aliphatic rings. The van der Waals surface area contributed by atoms with E-state index in [0.717, 1.165) is 24.8 Å². The van der Waals surface area contributed by atoms with Gasteiger partial charge in [0.1, 0.15) is 18.3 Å². The monoisotopic (exact) mass is 546 g/mol. The van der Waals surface area contributed by atoms with Gasteiger partial charge in [-0.1, -0.05) is 25.5 Å². The molecule has 9 nitrogen and oxygen atoms in total. The summed E-state index contributed by atoms with van der Waals surface area (Å²) in [5, 5.41) is 55.5. The van der Waals surface area contributed by atoms with Gasteiger partial charge in [0.15, 0.2) is 6.29 Å². The molecule has 0 amide bonds. The molecule has 4 fully saturated rings. The number of ether oxygens (including phenoxy) is 2. The lowest BCUT2D eigenvalue weighted by atomic mass is 9.43. The SMILES string of the molecule is C[C@@H]1O[C@@H](O[C@@H]2C=C3CC[C@]4(O)[C@H](CC[C@]5(C)[C@H](c6ccc(=O)oc6)CC[C@@]54O)[C@@]3(C)CC2)[C@H](O)[C@H](O)[C@H]1O. The van der Waals surface area contributed by atoms with E-state index >= 15 is 0 Å². The summed E-state index contributed by atoms with van der Waals surface area (Å²) in [5.41, 5.74) is -1.68. The molecule has 0 aromatic carbocycles. The van der Waals surface area contributed by atoms with Gasteiger partial charge in [0.2, 0.25) is 0 Å². The highest BCUT2D eigenvalue weighted by molar-refractivity contribution is 5.35. The van der Waals surface area contributed by atoms with Gasteiger partial charge in [-0.05, 0) is 87.2 Å². The van der Waals surface area contributed by atoms with E-state index in [4.69, 9.17) is 13.9 Å². The first-order valence-electron chi connectivity index (χ1n) is 14.4. The standard InChI is InChI=1S/C30H42O9/c1-16-23(32)24(33)25(34)26(38-16)39-19-7-10-27(2)18(14-19)6-12-29(35)21(27)9-11-28(3)20(8-13-30(28,29)36)17-4-5-22(31)37-15-17/h4-5,14-16,19-21,23-26,32-36H,6-13H2,1-3H3/t16-,19-,20-,21+,23-,24+,25+,26-,27-,28+,29-,30+/m0/s1. The van der Waals surface area contributed by atoms with E-state index < -0.39 is 52.9 Å². The number of hydrogen-bond donors (Lipinski definition) is 5. The fraction of sp³-hybridized carbons (Fsp3) is 0.767. The first kappa shape index (κ1) is 27.6. The Kier molecular flexibility index (Phi) is 6.51. The van der Waals surface area contributed by atoms with Gasteiger partial charge in [-0.3, -0.25) is 0 Å². The van der Waals surface area contributed by atoms with Crippen LogP contribution in [0.2, 0.25) is 0 Å². The Morgan fingerprint density at radius 3 is 2.44 bits per heavy atom. The first-order valence-corrected chi connectivity index (χ1v) is 14.4. The average molecular weight is 547 g/mol. The van der Waals surface area contributed by atoms with Crippen LogP contribution in [0.5, 0.6) is 0 Å². The molecule has 3 saturated carbocycles. The first-order chi connectivity index (χ1) is 18.3. The van der Waals surface area contributed by atoms with Gasteiger partial charge in [0.05, 0.1) is 29.7 Å². The molecule has 4 aliphatic carbocycles. The molecule has 0 spiro atoms. The molecule has 6 rings (SSSR count). The normalized spacial score (nSPS) is 51.4. The summed E-state index contributed by atoms with van der Waals surface area (Å²) in [6.45, 7) is 5.92. The molecule has 1 aromatic heterocycles. The molecule has 12 atom stereocenters. The molecule has 1 aromatic rings. The summed E-state index contributed by atoms with van der Waals surface area (Å²) >= 11 is 0. The molecule has 2 heterocycles. The van der Waals surface area contributed by atoms with Crippen molar-refractivity contribution >= 4 is 0 Å². The Labute approximate surface area is 228 Å². The second-order valence-corrected chi connectivity index (χ2v) is 13.3. The molecule has 0 radical (unpaired) electrons. The topological polar surface area (TPSA) is 150 Å². The molecule has 0 bridgehead atoms. The quantitative estimate of drug-likeness (QED) is 0.359. The predicted octanol–water partition coefficient (Wildman–Crippen LogP) is 2.13. The third kappa shape index (κ3) is 3.81. The summed E-state index contributed by atoms with van der Waals surface area (Å²) in [5.74, 6) is -0.131. The third-order valence-electron chi connectivity index (χ3n) is 11.6. The highest BCUT2D eigenvalue weighted by atomic mass is 16.7. The summed E-state index contributed by atoms with van der Waals surface area (Å²) in [7, 11) is 0. The second-order valence-electron chi connectivity index (χ2n) is 13.3. The third-order valence-corrected chi connectivity index (χ3v) is 11.6. The Morgan fingerprint density at radius 1 is 0.949 bits per heavy atom. The maximum atomic E-state index is 12.5. The predicted molar refractivity (Wildman–Crippen MR) is 140 cm³/mol. The van der Waals surface area contributed by atoms with E-state index in [1.807, 2.05) is 0 Å². The molecule has 9 heteroatoms. The fourth-order valence-corrected chi connectivity index (χ4v) is 9.24. The molecule has 39 heavy (non-hydrogen) atoms. The highest BCUT2D eigenvalue weighted by Gasteiger charge is 2.73. The van der Waals surface area contributed by atoms with Crippen molar-refractivity contribution < 1.29 is 39.4 Å². The second kappa shape index (κ2) is 9.21. The Hall–Kier alpha value is -1.59. The van der Waals surface area contributed by atoms with Crippen molar-refractivity contribution in [2.24, 2.45) is 16.7 Å². The summed E-state index contributed by atoms with van der Waals surface area (Å²) in [4.78, 5) is 11.6. The van der Waals surface area contributed by atoms with Crippen LogP contribution < -0.4 is 5.63 Å². The zero-order valence-electron chi connectivity index (χ0n) is 23.0. The van der Waals surface area contributed by atoms with Crippen molar-refractivity contribution in [3.8, 4) is 0 Å². The van der Waals surface area contributed by atoms with E-state index in [1.165, 1.54) is 17.9 Å². The van der Waals surface area contributed by atoms with Crippen molar-refractivity contribution in [2.75, 3.05) is 0 Å². The van der Waals surface area contributed by atoms with Gasteiger partial charge in [0.25, 0.3) is 0 Å². The number of aliphatic hydroxyl groups is 5. The van der Waals surface area contributed by atoms with Crippen LogP contribution in [-0.2, 0) is 9.47 Å². The zero-order chi connectivity index (χ0) is 28.0. The molecule has 216 valence electrons. The summed E-state index contributed by atoms with van der Waals surface area (Å²) < 4.78 is 16.9. The number of hydrogen-bond acceptors (Lipinski definition) is 9. The lowest BCUT2D eigenvalue weighted by molar-refractivity contribution is -0.302. The smallest absolute Gasteiger partial charge is 0.335 e. The van der Waals surface area contributed by atoms with Crippen LogP contribution in [0.4, 0.5) is 0 Å². The van der Waals surface area contributed by atoms with Crippen LogP contribution in [0.1, 0.15) is 83.6 Å². The minimum absolute atomic E-state index is 0.0103. The van der Waals surface area contributed by atoms with E-state index in [2.05, 4.69) is 19.9 Å². The summed E-state index contributed by atoms with van der Waals surface area (Å²) in [6, 6.07) is 3.22.